The fraction of sp³-hybridized carbons (Fsp3) is 0.0714. The second kappa shape index (κ2) is 4.78. The highest BCUT2D eigenvalue weighted by Crippen LogP contribution is 2.30. The van der Waals surface area contributed by atoms with Gasteiger partial charge in [0.25, 0.3) is 0 Å². The van der Waals surface area contributed by atoms with Crippen LogP contribution in [-0.2, 0) is 0 Å². The molecule has 0 spiro atoms. The van der Waals surface area contributed by atoms with Crippen LogP contribution in [0.1, 0.15) is 11.1 Å². The van der Waals surface area contributed by atoms with E-state index in [-0.39, 0.29) is 0 Å². The predicted octanol–water partition coefficient (Wildman–Crippen LogP) is 3.11. The molecule has 1 aromatic heterocycles. The van der Waals surface area contributed by atoms with E-state index in [4.69, 9.17) is 5.41 Å². The molecule has 1 aliphatic rings. The molecule has 0 atom stereocenters. The van der Waals surface area contributed by atoms with Gasteiger partial charge in [0.15, 0.2) is 0 Å². The lowest BCUT2D eigenvalue weighted by molar-refractivity contribution is 1.05. The van der Waals surface area contributed by atoms with Gasteiger partial charge in [0.1, 0.15) is 5.82 Å². The van der Waals surface area contributed by atoms with E-state index in [0.717, 1.165) is 16.8 Å². The van der Waals surface area contributed by atoms with Gasteiger partial charge >= 0.3 is 0 Å². The summed E-state index contributed by atoms with van der Waals surface area (Å²) in [6.07, 6.45) is 6.53. The fourth-order valence-corrected chi connectivity index (χ4v) is 2.91. The van der Waals surface area contributed by atoms with E-state index in [1.54, 1.807) is 23.6 Å². The number of rotatable bonds is 2. The van der Waals surface area contributed by atoms with Crippen molar-refractivity contribution in [1.82, 2.24) is 10.3 Å². The minimum atomic E-state index is 0.672. The lowest BCUT2D eigenvalue weighted by atomic mass is 10.1. The zero-order valence-corrected chi connectivity index (χ0v) is 11.2. The maximum atomic E-state index is 7.10. The molecule has 0 saturated heterocycles. The van der Waals surface area contributed by atoms with E-state index in [9.17, 15) is 0 Å². The molecule has 0 amide bonds. The lowest BCUT2D eigenvalue weighted by Gasteiger charge is -2.15. The number of nitrogens with one attached hydrogen (secondary N) is 2. The van der Waals surface area contributed by atoms with E-state index in [1.807, 2.05) is 11.6 Å². The third-order valence-corrected chi connectivity index (χ3v) is 3.79. The topological polar surface area (TPSA) is 61.1 Å². The second-order valence-electron chi connectivity index (χ2n) is 4.16. The molecule has 2 N–H and O–H groups in total. The van der Waals surface area contributed by atoms with E-state index >= 15 is 0 Å². The van der Waals surface area contributed by atoms with Crippen LogP contribution in [0.25, 0.3) is 15.9 Å². The van der Waals surface area contributed by atoms with Crippen molar-refractivity contribution in [1.29, 1.82) is 5.41 Å². The van der Waals surface area contributed by atoms with E-state index in [2.05, 4.69) is 34.3 Å². The van der Waals surface area contributed by atoms with Crippen LogP contribution in [0.2, 0.25) is 0 Å². The smallest absolute Gasteiger partial charge is 0.131 e. The van der Waals surface area contributed by atoms with Crippen LogP contribution in [0.15, 0.2) is 40.6 Å². The minimum absolute atomic E-state index is 0.672. The molecule has 1 aromatic carbocycles. The molecule has 0 unspecified atom stereocenters. The van der Waals surface area contributed by atoms with Crippen LogP contribution in [0.3, 0.4) is 0 Å². The van der Waals surface area contributed by atoms with Crippen molar-refractivity contribution in [2.45, 2.75) is 6.92 Å². The maximum Gasteiger partial charge on any atom is 0.131 e. The molecule has 1 aliphatic heterocycles. The van der Waals surface area contributed by atoms with Crippen LogP contribution in [0.5, 0.6) is 0 Å². The van der Waals surface area contributed by atoms with Crippen molar-refractivity contribution >= 4 is 39.7 Å². The number of aliphatic imine (C=N–C) groups is 1. The summed E-state index contributed by atoms with van der Waals surface area (Å²) < 4.78 is 1.17. The van der Waals surface area contributed by atoms with Crippen molar-refractivity contribution in [3.8, 4) is 0 Å². The van der Waals surface area contributed by atoms with Crippen molar-refractivity contribution in [3.63, 3.8) is 0 Å². The number of aryl methyl sites for hydroxylation is 1. The summed E-state index contributed by atoms with van der Waals surface area (Å²) in [7, 11) is 0. The largest absolute Gasteiger partial charge is 0.340 e. The fourth-order valence-electron chi connectivity index (χ4n) is 2.02. The number of fused-ring (bicyclic) bond motifs is 1. The molecule has 2 heterocycles. The molecule has 0 saturated carbocycles. The average molecular weight is 268 g/mol. The number of thiazole rings is 1. The van der Waals surface area contributed by atoms with Gasteiger partial charge in [0.05, 0.1) is 15.7 Å². The Bertz CT molecular complexity index is 737. The molecule has 3 rings (SSSR count). The molecule has 19 heavy (non-hydrogen) atoms. The first-order chi connectivity index (χ1) is 9.29. The Balaban J connectivity index is 2.11. The van der Waals surface area contributed by atoms with Gasteiger partial charge < -0.3 is 10.7 Å². The number of allylic oxidation sites excluding steroid dienone is 2. The van der Waals surface area contributed by atoms with Crippen LogP contribution in [0, 0.1) is 12.3 Å². The van der Waals surface area contributed by atoms with Crippen molar-refractivity contribution < 1.29 is 0 Å². The van der Waals surface area contributed by atoms with Crippen LogP contribution in [-0.4, -0.2) is 17.4 Å². The summed E-state index contributed by atoms with van der Waals surface area (Å²) in [5.41, 5.74) is 6.19. The molecule has 0 radical (unpaired) electrons. The standard InChI is InChI=1S/C14H12N4S/c1-9-2-3-10(14-13(9)17-8-19-14)11-5-7-16-12(18-11)4-6-15/h2-8,15,18H,1H3/b12-4-,15-6?. The van der Waals surface area contributed by atoms with Crippen LogP contribution < -0.4 is 5.32 Å². The third-order valence-electron chi connectivity index (χ3n) is 2.93. The van der Waals surface area contributed by atoms with Gasteiger partial charge in [-0.3, -0.25) is 0 Å². The lowest BCUT2D eigenvalue weighted by Crippen LogP contribution is -2.14. The van der Waals surface area contributed by atoms with Gasteiger partial charge in [-0.05, 0) is 24.6 Å². The Morgan fingerprint density at radius 3 is 3.11 bits per heavy atom. The highest BCUT2D eigenvalue weighted by atomic mass is 32.1. The summed E-state index contributed by atoms with van der Waals surface area (Å²) in [5.74, 6) is 0.672. The van der Waals surface area contributed by atoms with Crippen LogP contribution >= 0.6 is 11.3 Å². The molecule has 2 aromatic rings. The number of hydrogen-bond acceptors (Lipinski definition) is 5. The first-order valence-corrected chi connectivity index (χ1v) is 6.73. The van der Waals surface area contributed by atoms with Gasteiger partial charge in [0.2, 0.25) is 0 Å². The predicted molar refractivity (Wildman–Crippen MR) is 80.8 cm³/mol. The van der Waals surface area contributed by atoms with Gasteiger partial charge in [-0.1, -0.05) is 12.1 Å². The Morgan fingerprint density at radius 1 is 1.37 bits per heavy atom. The van der Waals surface area contributed by atoms with Gasteiger partial charge in [-0.15, -0.1) is 11.3 Å². The quantitative estimate of drug-likeness (QED) is 0.822. The first kappa shape index (κ1) is 11.8. The first-order valence-electron chi connectivity index (χ1n) is 5.85. The van der Waals surface area contributed by atoms with E-state index in [1.165, 1.54) is 16.5 Å². The van der Waals surface area contributed by atoms with Crippen molar-refractivity contribution in [2.24, 2.45) is 4.99 Å². The minimum Gasteiger partial charge on any atom is -0.340 e. The summed E-state index contributed by atoms with van der Waals surface area (Å²) >= 11 is 1.64. The Kier molecular flexibility index (Phi) is 2.97. The molecule has 0 bridgehead atoms. The zero-order valence-electron chi connectivity index (χ0n) is 10.3. The second-order valence-corrected chi connectivity index (χ2v) is 5.02. The Morgan fingerprint density at radius 2 is 2.26 bits per heavy atom. The molecule has 0 aliphatic carbocycles. The number of aromatic nitrogens is 1. The molecular formula is C14H12N4S. The average Bonchev–Trinajstić information content (AvgIpc) is 2.90. The summed E-state index contributed by atoms with van der Waals surface area (Å²) in [6, 6.07) is 4.17. The number of benzene rings is 1. The number of hydrogen-bond donors (Lipinski definition) is 2. The normalized spacial score (nSPS) is 16.5. The molecule has 5 heteroatoms. The summed E-state index contributed by atoms with van der Waals surface area (Å²) in [5, 5.41) is 10.3. The van der Waals surface area contributed by atoms with E-state index < -0.39 is 0 Å². The molecular weight excluding hydrogens is 256 g/mol. The molecule has 94 valence electrons. The van der Waals surface area contributed by atoms with Crippen LogP contribution in [0.4, 0.5) is 0 Å². The number of nitrogens with zero attached hydrogens (tertiary/aromatic N) is 2. The van der Waals surface area contributed by atoms with Gasteiger partial charge in [-0.2, -0.15) is 0 Å². The summed E-state index contributed by atoms with van der Waals surface area (Å²) in [4.78, 5) is 8.57. The van der Waals surface area contributed by atoms with Crippen molar-refractivity contribution in [2.75, 3.05) is 0 Å². The monoisotopic (exact) mass is 268 g/mol. The van der Waals surface area contributed by atoms with Gasteiger partial charge in [-0.25, -0.2) is 9.98 Å². The van der Waals surface area contributed by atoms with Gasteiger partial charge in [0, 0.05) is 23.7 Å². The van der Waals surface area contributed by atoms with Crippen molar-refractivity contribution in [3.05, 3.63) is 46.7 Å². The highest BCUT2D eigenvalue weighted by Gasteiger charge is 2.12. The Hall–Kier alpha value is -2.27. The highest BCUT2D eigenvalue weighted by molar-refractivity contribution is 7.17. The SMILES string of the molecule is Cc1ccc(C2=CC=N/C(=C/C=N)N2)c2scnc12. The maximum absolute atomic E-state index is 7.10. The Labute approximate surface area is 114 Å². The summed E-state index contributed by atoms with van der Waals surface area (Å²) in [6.45, 7) is 2.07. The molecule has 0 fully saturated rings. The third kappa shape index (κ3) is 2.08. The zero-order chi connectivity index (χ0) is 13.2. The molecule has 4 nitrogen and oxygen atoms in total. The van der Waals surface area contributed by atoms with E-state index in [0.29, 0.717) is 5.82 Å².